The van der Waals surface area contributed by atoms with Gasteiger partial charge in [0, 0.05) is 16.8 Å². The monoisotopic (exact) mass is 292 g/mol. The summed E-state index contributed by atoms with van der Waals surface area (Å²) in [6.07, 6.45) is 13.7. The molecule has 0 saturated heterocycles. The molecule has 0 aromatic carbocycles. The fourth-order valence-corrected chi connectivity index (χ4v) is 5.15. The van der Waals surface area contributed by atoms with Crippen LogP contribution in [0.25, 0.3) is 0 Å². The van der Waals surface area contributed by atoms with E-state index in [0.717, 1.165) is 12.5 Å². The van der Waals surface area contributed by atoms with E-state index >= 15 is 0 Å². The molecule has 2 aliphatic rings. The molecule has 2 aliphatic carbocycles. The molecule has 0 spiro atoms. The lowest BCUT2D eigenvalue weighted by Gasteiger charge is -2.21. The molecule has 1 atom stereocenters. The standard InChI is InChI=1S/C17H28N2S/c1-2-18-14-11-8-12-15-16(14)20-17(19-15)13-9-6-4-3-5-7-10-13/h13-14,18H,2-12H2,1H3. The first-order valence-electron chi connectivity index (χ1n) is 8.61. The Kier molecular flexibility index (Phi) is 5.11. The maximum Gasteiger partial charge on any atom is 0.0962 e. The summed E-state index contributed by atoms with van der Waals surface area (Å²) in [6, 6.07) is 0.587. The van der Waals surface area contributed by atoms with Gasteiger partial charge in [-0.3, -0.25) is 0 Å². The van der Waals surface area contributed by atoms with Gasteiger partial charge in [0.2, 0.25) is 0 Å². The second-order valence-corrected chi connectivity index (χ2v) is 7.47. The Morgan fingerprint density at radius 3 is 2.55 bits per heavy atom. The largest absolute Gasteiger partial charge is 0.309 e. The van der Waals surface area contributed by atoms with Crippen LogP contribution in [-0.4, -0.2) is 11.5 Å². The molecule has 1 N–H and O–H groups in total. The van der Waals surface area contributed by atoms with Crippen LogP contribution in [0.3, 0.4) is 0 Å². The normalized spacial score (nSPS) is 24.9. The van der Waals surface area contributed by atoms with Gasteiger partial charge in [-0.1, -0.05) is 39.0 Å². The summed E-state index contributed by atoms with van der Waals surface area (Å²) in [5.74, 6) is 0.758. The van der Waals surface area contributed by atoms with E-state index in [9.17, 15) is 0 Å². The molecule has 0 aliphatic heterocycles. The Balaban J connectivity index is 1.76. The minimum Gasteiger partial charge on any atom is -0.309 e. The molecular formula is C17H28N2S. The number of rotatable bonds is 3. The van der Waals surface area contributed by atoms with Gasteiger partial charge in [-0.15, -0.1) is 11.3 Å². The van der Waals surface area contributed by atoms with E-state index < -0.39 is 0 Å². The topological polar surface area (TPSA) is 24.9 Å². The Morgan fingerprint density at radius 1 is 1.05 bits per heavy atom. The van der Waals surface area contributed by atoms with Crippen molar-refractivity contribution in [1.82, 2.24) is 10.3 Å². The highest BCUT2D eigenvalue weighted by atomic mass is 32.1. The molecule has 1 heterocycles. The van der Waals surface area contributed by atoms with Crippen molar-refractivity contribution in [3.05, 3.63) is 15.6 Å². The van der Waals surface area contributed by atoms with E-state index in [2.05, 4.69) is 12.2 Å². The zero-order valence-corrected chi connectivity index (χ0v) is 13.6. The van der Waals surface area contributed by atoms with Gasteiger partial charge < -0.3 is 5.32 Å². The van der Waals surface area contributed by atoms with Crippen molar-refractivity contribution >= 4 is 11.3 Å². The average Bonchev–Trinajstić information content (AvgIpc) is 2.83. The Morgan fingerprint density at radius 2 is 1.80 bits per heavy atom. The summed E-state index contributed by atoms with van der Waals surface area (Å²) in [5, 5.41) is 5.11. The molecular weight excluding hydrogens is 264 g/mol. The minimum absolute atomic E-state index is 0.587. The molecule has 0 radical (unpaired) electrons. The summed E-state index contributed by atoms with van der Waals surface area (Å²) in [4.78, 5) is 6.62. The quantitative estimate of drug-likeness (QED) is 0.852. The zero-order valence-electron chi connectivity index (χ0n) is 12.8. The lowest BCUT2D eigenvalue weighted by Crippen LogP contribution is -2.23. The highest BCUT2D eigenvalue weighted by Gasteiger charge is 2.26. The lowest BCUT2D eigenvalue weighted by atomic mass is 9.91. The molecule has 1 aromatic rings. The van der Waals surface area contributed by atoms with Crippen molar-refractivity contribution in [3.63, 3.8) is 0 Å². The summed E-state index contributed by atoms with van der Waals surface area (Å²) >= 11 is 2.03. The summed E-state index contributed by atoms with van der Waals surface area (Å²) in [6.45, 7) is 3.28. The predicted molar refractivity (Wildman–Crippen MR) is 86.5 cm³/mol. The number of nitrogens with zero attached hydrogens (tertiary/aromatic N) is 1. The second-order valence-electron chi connectivity index (χ2n) is 6.41. The third-order valence-electron chi connectivity index (χ3n) is 4.87. The number of aryl methyl sites for hydroxylation is 1. The third kappa shape index (κ3) is 3.25. The van der Waals surface area contributed by atoms with E-state index in [1.807, 2.05) is 11.3 Å². The number of hydrogen-bond acceptors (Lipinski definition) is 3. The van der Waals surface area contributed by atoms with Crippen LogP contribution in [-0.2, 0) is 6.42 Å². The summed E-state index contributed by atoms with van der Waals surface area (Å²) in [5.41, 5.74) is 1.42. The van der Waals surface area contributed by atoms with Gasteiger partial charge in [-0.25, -0.2) is 4.98 Å². The highest BCUT2D eigenvalue weighted by molar-refractivity contribution is 7.12. The lowest BCUT2D eigenvalue weighted by molar-refractivity contribution is 0.452. The van der Waals surface area contributed by atoms with Crippen molar-refractivity contribution in [2.75, 3.05) is 6.54 Å². The molecule has 1 aromatic heterocycles. The molecule has 20 heavy (non-hydrogen) atoms. The summed E-state index contributed by atoms with van der Waals surface area (Å²) < 4.78 is 0. The van der Waals surface area contributed by atoms with Gasteiger partial charge in [-0.2, -0.15) is 0 Å². The number of fused-ring (bicyclic) bond motifs is 1. The minimum atomic E-state index is 0.587. The van der Waals surface area contributed by atoms with E-state index in [4.69, 9.17) is 4.98 Å². The van der Waals surface area contributed by atoms with Crippen molar-refractivity contribution in [2.24, 2.45) is 0 Å². The van der Waals surface area contributed by atoms with Crippen LogP contribution in [0.15, 0.2) is 0 Å². The van der Waals surface area contributed by atoms with Crippen LogP contribution >= 0.6 is 11.3 Å². The van der Waals surface area contributed by atoms with E-state index in [1.165, 1.54) is 74.9 Å². The van der Waals surface area contributed by atoms with Crippen LogP contribution in [0.5, 0.6) is 0 Å². The molecule has 3 rings (SSSR count). The van der Waals surface area contributed by atoms with Gasteiger partial charge in [0.05, 0.1) is 10.7 Å². The molecule has 0 bridgehead atoms. The van der Waals surface area contributed by atoms with Gasteiger partial charge >= 0.3 is 0 Å². The average molecular weight is 292 g/mol. The highest BCUT2D eigenvalue weighted by Crippen LogP contribution is 2.39. The van der Waals surface area contributed by atoms with E-state index in [-0.39, 0.29) is 0 Å². The van der Waals surface area contributed by atoms with Crippen molar-refractivity contribution in [1.29, 1.82) is 0 Å². The molecule has 1 saturated carbocycles. The maximum absolute atomic E-state index is 5.06. The second kappa shape index (κ2) is 7.04. The first-order valence-corrected chi connectivity index (χ1v) is 9.43. The molecule has 1 unspecified atom stereocenters. The smallest absolute Gasteiger partial charge is 0.0962 e. The molecule has 0 amide bonds. The van der Waals surface area contributed by atoms with Gasteiger partial charge in [0.15, 0.2) is 0 Å². The predicted octanol–water partition coefficient (Wildman–Crippen LogP) is 4.96. The Labute approximate surface area is 127 Å². The van der Waals surface area contributed by atoms with E-state index in [1.54, 1.807) is 4.88 Å². The number of aromatic nitrogens is 1. The number of hydrogen-bond donors (Lipinski definition) is 1. The first-order chi connectivity index (χ1) is 9.88. The number of nitrogens with one attached hydrogen (secondary N) is 1. The van der Waals surface area contributed by atoms with Gasteiger partial charge in [0.25, 0.3) is 0 Å². The molecule has 112 valence electrons. The Bertz CT molecular complexity index is 419. The summed E-state index contributed by atoms with van der Waals surface area (Å²) in [7, 11) is 0. The van der Waals surface area contributed by atoms with Crippen LogP contribution in [0, 0.1) is 0 Å². The van der Waals surface area contributed by atoms with Crippen LogP contribution < -0.4 is 5.32 Å². The van der Waals surface area contributed by atoms with Crippen LogP contribution in [0.4, 0.5) is 0 Å². The van der Waals surface area contributed by atoms with E-state index in [0.29, 0.717) is 6.04 Å². The molecule has 1 fully saturated rings. The number of thiazole rings is 1. The van der Waals surface area contributed by atoms with Gasteiger partial charge in [-0.05, 0) is 38.6 Å². The molecule has 3 heteroatoms. The fraction of sp³-hybridized carbons (Fsp3) is 0.824. The third-order valence-corrected chi connectivity index (χ3v) is 6.25. The Hall–Kier alpha value is -0.410. The molecule has 2 nitrogen and oxygen atoms in total. The zero-order chi connectivity index (χ0) is 13.8. The van der Waals surface area contributed by atoms with Crippen molar-refractivity contribution in [2.45, 2.75) is 83.1 Å². The van der Waals surface area contributed by atoms with Crippen LogP contribution in [0.2, 0.25) is 0 Å². The van der Waals surface area contributed by atoms with Crippen molar-refractivity contribution < 1.29 is 0 Å². The maximum atomic E-state index is 5.06. The fourth-order valence-electron chi connectivity index (χ4n) is 3.76. The van der Waals surface area contributed by atoms with Crippen molar-refractivity contribution in [3.8, 4) is 0 Å². The van der Waals surface area contributed by atoms with Gasteiger partial charge in [0.1, 0.15) is 0 Å². The SMILES string of the molecule is CCNC1CCCc2nc(C3CCCCCCC3)sc21. The van der Waals surface area contributed by atoms with Crippen LogP contribution in [0.1, 0.15) is 92.2 Å². The first kappa shape index (κ1) is 14.5.